The van der Waals surface area contributed by atoms with Crippen LogP contribution in [0.1, 0.15) is 18.5 Å². The molecule has 2 atom stereocenters. The van der Waals surface area contributed by atoms with Gasteiger partial charge >= 0.3 is 6.18 Å². The molecular formula is C14H16F3N5O2. The van der Waals surface area contributed by atoms with Gasteiger partial charge in [-0.2, -0.15) is 13.2 Å². The zero-order valence-electron chi connectivity index (χ0n) is 12.6. The number of alkyl halides is 3. The summed E-state index contributed by atoms with van der Waals surface area (Å²) in [6, 6.07) is 0.698. The van der Waals surface area contributed by atoms with Crippen molar-refractivity contribution in [3.63, 3.8) is 0 Å². The minimum absolute atomic E-state index is 0.00845. The third-order valence-corrected chi connectivity index (χ3v) is 4.05. The third kappa shape index (κ3) is 3.74. The van der Waals surface area contributed by atoms with Crippen molar-refractivity contribution in [2.75, 3.05) is 18.4 Å². The van der Waals surface area contributed by atoms with E-state index >= 15 is 0 Å². The summed E-state index contributed by atoms with van der Waals surface area (Å²) in [5.74, 6) is -0.144. The van der Waals surface area contributed by atoms with Crippen LogP contribution in [0.4, 0.5) is 19.1 Å². The number of aryl methyl sites for hydroxylation is 1. The summed E-state index contributed by atoms with van der Waals surface area (Å²) >= 11 is 0. The molecule has 2 N–H and O–H groups in total. The van der Waals surface area contributed by atoms with Crippen molar-refractivity contribution >= 4 is 17.8 Å². The van der Waals surface area contributed by atoms with E-state index in [1.807, 2.05) is 0 Å². The quantitative estimate of drug-likeness (QED) is 0.831. The minimum atomic E-state index is -4.24. The first kappa shape index (κ1) is 16.5. The molecule has 10 heteroatoms. The third-order valence-electron chi connectivity index (χ3n) is 4.05. The molecule has 0 spiro atoms. The highest BCUT2D eigenvalue weighted by molar-refractivity contribution is 5.95. The molecule has 7 nitrogen and oxygen atoms in total. The molecule has 24 heavy (non-hydrogen) atoms. The van der Waals surface area contributed by atoms with Crippen LogP contribution in [-0.4, -0.2) is 58.0 Å². The van der Waals surface area contributed by atoms with E-state index in [2.05, 4.69) is 20.6 Å². The summed E-state index contributed by atoms with van der Waals surface area (Å²) in [6.45, 7) is 0.332. The van der Waals surface area contributed by atoms with Crippen LogP contribution in [0.3, 0.4) is 0 Å². The predicted octanol–water partition coefficient (Wildman–Crippen LogP) is 0.483. The smallest absolute Gasteiger partial charge is 0.350 e. The number of halogens is 3. The van der Waals surface area contributed by atoms with Crippen molar-refractivity contribution < 1.29 is 22.8 Å². The van der Waals surface area contributed by atoms with Gasteiger partial charge in [0, 0.05) is 30.9 Å². The van der Waals surface area contributed by atoms with E-state index in [9.17, 15) is 22.8 Å². The van der Waals surface area contributed by atoms with E-state index in [-0.39, 0.29) is 42.5 Å². The minimum Gasteiger partial charge on any atom is -0.350 e. The lowest BCUT2D eigenvalue weighted by Gasteiger charge is -2.28. The summed E-state index contributed by atoms with van der Waals surface area (Å²) in [5, 5.41) is 5.53. The molecule has 3 heterocycles. The molecule has 2 aliphatic rings. The molecular weight excluding hydrogens is 327 g/mol. The Morgan fingerprint density at radius 3 is 2.88 bits per heavy atom. The van der Waals surface area contributed by atoms with Gasteiger partial charge in [0.25, 0.3) is 0 Å². The summed E-state index contributed by atoms with van der Waals surface area (Å²) < 4.78 is 36.8. The second-order valence-corrected chi connectivity index (χ2v) is 5.84. The first-order valence-electron chi connectivity index (χ1n) is 7.54. The average Bonchev–Trinajstić information content (AvgIpc) is 2.94. The molecule has 2 saturated heterocycles. The molecule has 2 amide bonds. The highest BCUT2D eigenvalue weighted by Gasteiger charge is 2.42. The van der Waals surface area contributed by atoms with Crippen LogP contribution in [0.15, 0.2) is 12.3 Å². The van der Waals surface area contributed by atoms with Gasteiger partial charge in [-0.3, -0.25) is 9.59 Å². The normalized spacial score (nSPS) is 23.9. The highest BCUT2D eigenvalue weighted by Crippen LogP contribution is 2.24. The van der Waals surface area contributed by atoms with E-state index in [4.69, 9.17) is 0 Å². The molecule has 1 aromatic heterocycles. The number of rotatable bonds is 4. The Hall–Kier alpha value is -2.39. The molecule has 0 saturated carbocycles. The van der Waals surface area contributed by atoms with Gasteiger partial charge < -0.3 is 15.5 Å². The SMILES string of the molecule is O=C1NCC(=O)N2C[C@H](Nc3nccc(CCC(F)(F)F)n3)C[C@@H]12. The van der Waals surface area contributed by atoms with Crippen molar-refractivity contribution in [2.24, 2.45) is 0 Å². The van der Waals surface area contributed by atoms with Crippen LogP contribution >= 0.6 is 0 Å². The molecule has 0 bridgehead atoms. The lowest BCUT2D eigenvalue weighted by molar-refractivity contribution is -0.143. The zero-order valence-corrected chi connectivity index (χ0v) is 12.6. The van der Waals surface area contributed by atoms with Crippen molar-refractivity contribution in [1.29, 1.82) is 0 Å². The molecule has 1 aromatic rings. The number of nitrogens with zero attached hydrogens (tertiary/aromatic N) is 3. The van der Waals surface area contributed by atoms with Crippen LogP contribution in [0.25, 0.3) is 0 Å². The van der Waals surface area contributed by atoms with Gasteiger partial charge in [-0.05, 0) is 18.9 Å². The summed E-state index contributed by atoms with van der Waals surface area (Å²) in [5.41, 5.74) is 0.286. The Labute approximate surface area is 135 Å². The fourth-order valence-electron chi connectivity index (χ4n) is 2.90. The number of aromatic nitrogens is 2. The zero-order chi connectivity index (χ0) is 17.3. The van der Waals surface area contributed by atoms with E-state index < -0.39 is 18.6 Å². The molecule has 0 aromatic carbocycles. The van der Waals surface area contributed by atoms with Crippen molar-refractivity contribution in [3.8, 4) is 0 Å². The van der Waals surface area contributed by atoms with Crippen molar-refractivity contribution in [1.82, 2.24) is 20.2 Å². The summed E-state index contributed by atoms with van der Waals surface area (Å²) in [4.78, 5) is 33.1. The molecule has 0 radical (unpaired) electrons. The second-order valence-electron chi connectivity index (χ2n) is 5.84. The Morgan fingerprint density at radius 2 is 2.17 bits per heavy atom. The van der Waals surface area contributed by atoms with Gasteiger partial charge in [0.2, 0.25) is 17.8 Å². The molecule has 0 aliphatic carbocycles. The van der Waals surface area contributed by atoms with Crippen molar-refractivity contribution in [3.05, 3.63) is 18.0 Å². The first-order valence-corrected chi connectivity index (χ1v) is 7.54. The fraction of sp³-hybridized carbons (Fsp3) is 0.571. The largest absolute Gasteiger partial charge is 0.389 e. The van der Waals surface area contributed by atoms with E-state index in [0.29, 0.717) is 13.0 Å². The van der Waals surface area contributed by atoms with Gasteiger partial charge in [0.15, 0.2) is 0 Å². The van der Waals surface area contributed by atoms with Gasteiger partial charge in [0.05, 0.1) is 6.54 Å². The molecule has 3 rings (SSSR count). The van der Waals surface area contributed by atoms with E-state index in [1.54, 1.807) is 0 Å². The van der Waals surface area contributed by atoms with Crippen LogP contribution in [-0.2, 0) is 16.0 Å². The standard InChI is InChI=1S/C14H16F3N5O2/c15-14(16,17)3-1-8-2-4-18-13(20-8)21-9-5-10-12(24)19-6-11(23)22(10)7-9/h2,4,9-10H,1,3,5-7H2,(H,19,24)(H,18,20,21)/t9-,10+/m1/s1. The Kier molecular flexibility index (Phi) is 4.29. The number of carbonyl (C=O) groups excluding carboxylic acids is 2. The van der Waals surface area contributed by atoms with Gasteiger partial charge in [0.1, 0.15) is 6.04 Å². The monoisotopic (exact) mass is 343 g/mol. The Balaban J connectivity index is 1.62. The molecule has 0 unspecified atom stereocenters. The second kappa shape index (κ2) is 6.25. The fourth-order valence-corrected chi connectivity index (χ4v) is 2.90. The van der Waals surface area contributed by atoms with Crippen LogP contribution < -0.4 is 10.6 Å². The lowest BCUT2D eigenvalue weighted by atomic mass is 10.1. The number of carbonyl (C=O) groups is 2. The van der Waals surface area contributed by atoms with Gasteiger partial charge in [-0.1, -0.05) is 0 Å². The number of anilines is 1. The lowest BCUT2D eigenvalue weighted by Crippen LogP contribution is -2.55. The summed E-state index contributed by atoms with van der Waals surface area (Å²) in [7, 11) is 0. The maximum absolute atomic E-state index is 12.3. The topological polar surface area (TPSA) is 87.2 Å². The Morgan fingerprint density at radius 1 is 1.38 bits per heavy atom. The first-order chi connectivity index (χ1) is 11.3. The number of amides is 2. The van der Waals surface area contributed by atoms with Crippen molar-refractivity contribution in [2.45, 2.75) is 37.5 Å². The highest BCUT2D eigenvalue weighted by atomic mass is 19.4. The number of fused-ring (bicyclic) bond motifs is 1. The molecule has 2 fully saturated rings. The van der Waals surface area contributed by atoms with Crippen LogP contribution in [0.2, 0.25) is 0 Å². The maximum atomic E-state index is 12.3. The van der Waals surface area contributed by atoms with E-state index in [0.717, 1.165) is 0 Å². The number of hydrogen-bond acceptors (Lipinski definition) is 5. The predicted molar refractivity (Wildman–Crippen MR) is 76.9 cm³/mol. The number of nitrogens with one attached hydrogen (secondary N) is 2. The average molecular weight is 343 g/mol. The van der Waals surface area contributed by atoms with E-state index in [1.165, 1.54) is 17.2 Å². The Bertz CT molecular complexity index is 628. The van der Waals surface area contributed by atoms with Crippen LogP contribution in [0, 0.1) is 0 Å². The maximum Gasteiger partial charge on any atom is 0.389 e. The van der Waals surface area contributed by atoms with Gasteiger partial charge in [-0.25, -0.2) is 9.97 Å². The number of piperazine rings is 1. The molecule has 130 valence electrons. The molecule has 2 aliphatic heterocycles. The van der Waals surface area contributed by atoms with Crippen LogP contribution in [0.5, 0.6) is 0 Å². The number of hydrogen-bond donors (Lipinski definition) is 2. The summed E-state index contributed by atoms with van der Waals surface area (Å²) in [6.07, 6.45) is -3.60. The van der Waals surface area contributed by atoms with Gasteiger partial charge in [-0.15, -0.1) is 0 Å².